The highest BCUT2D eigenvalue weighted by Crippen LogP contribution is 2.35. The SMILES string of the molecule is CCNCC1(c2ccc(OCC(C)C)cc2)CCOCC1. The van der Waals surface area contributed by atoms with Crippen LogP contribution in [0.3, 0.4) is 0 Å². The summed E-state index contributed by atoms with van der Waals surface area (Å²) in [5, 5.41) is 3.53. The maximum Gasteiger partial charge on any atom is 0.119 e. The van der Waals surface area contributed by atoms with Gasteiger partial charge in [0.2, 0.25) is 0 Å². The van der Waals surface area contributed by atoms with Gasteiger partial charge in [0.05, 0.1) is 6.61 Å². The third kappa shape index (κ3) is 4.45. The minimum atomic E-state index is 0.213. The monoisotopic (exact) mass is 291 g/mol. The van der Waals surface area contributed by atoms with E-state index in [1.54, 1.807) is 0 Å². The molecule has 1 heterocycles. The van der Waals surface area contributed by atoms with Crippen molar-refractivity contribution >= 4 is 0 Å². The van der Waals surface area contributed by atoms with Crippen LogP contribution in [0.1, 0.15) is 39.2 Å². The van der Waals surface area contributed by atoms with Gasteiger partial charge >= 0.3 is 0 Å². The summed E-state index contributed by atoms with van der Waals surface area (Å²) < 4.78 is 11.3. The highest BCUT2D eigenvalue weighted by Gasteiger charge is 2.33. The molecule has 0 spiro atoms. The molecule has 0 atom stereocenters. The lowest BCUT2D eigenvalue weighted by molar-refractivity contribution is 0.0500. The Kier molecular flexibility index (Phi) is 6.07. The van der Waals surface area contributed by atoms with E-state index in [1.807, 2.05) is 0 Å². The Balaban J connectivity index is 2.09. The molecule has 2 rings (SSSR count). The first-order valence-electron chi connectivity index (χ1n) is 8.18. The van der Waals surface area contributed by atoms with E-state index in [-0.39, 0.29) is 5.41 Å². The van der Waals surface area contributed by atoms with Crippen LogP contribution in [-0.2, 0) is 10.2 Å². The Morgan fingerprint density at radius 2 is 1.86 bits per heavy atom. The van der Waals surface area contributed by atoms with Crippen molar-refractivity contribution in [2.24, 2.45) is 5.92 Å². The molecule has 1 N–H and O–H groups in total. The zero-order valence-electron chi connectivity index (χ0n) is 13.7. The Bertz CT molecular complexity index is 408. The molecule has 0 bridgehead atoms. The van der Waals surface area contributed by atoms with Crippen LogP contribution < -0.4 is 10.1 Å². The Morgan fingerprint density at radius 1 is 1.19 bits per heavy atom. The van der Waals surface area contributed by atoms with Gasteiger partial charge in [0, 0.05) is 25.2 Å². The third-order valence-corrected chi connectivity index (χ3v) is 4.21. The first kappa shape index (κ1) is 16.3. The van der Waals surface area contributed by atoms with Gasteiger partial charge in [-0.15, -0.1) is 0 Å². The van der Waals surface area contributed by atoms with E-state index in [0.717, 1.165) is 51.5 Å². The molecule has 1 aromatic rings. The van der Waals surface area contributed by atoms with Crippen molar-refractivity contribution in [2.75, 3.05) is 32.9 Å². The standard InChI is InChI=1S/C18H29NO2/c1-4-19-14-18(9-11-20-12-10-18)16-5-7-17(8-6-16)21-13-15(2)3/h5-8,15,19H,4,9-14H2,1-3H3. The number of nitrogens with one attached hydrogen (secondary N) is 1. The van der Waals surface area contributed by atoms with Gasteiger partial charge in [0.25, 0.3) is 0 Å². The lowest BCUT2D eigenvalue weighted by Crippen LogP contribution is -2.42. The fourth-order valence-corrected chi connectivity index (χ4v) is 2.86. The Hall–Kier alpha value is -1.06. The molecule has 0 unspecified atom stereocenters. The third-order valence-electron chi connectivity index (χ3n) is 4.21. The summed E-state index contributed by atoms with van der Waals surface area (Å²) in [7, 11) is 0. The van der Waals surface area contributed by atoms with Gasteiger partial charge in [-0.05, 0) is 43.0 Å². The summed E-state index contributed by atoms with van der Waals surface area (Å²) >= 11 is 0. The normalized spacial score (nSPS) is 17.9. The van der Waals surface area contributed by atoms with Gasteiger partial charge in [0.15, 0.2) is 0 Å². The molecule has 118 valence electrons. The zero-order valence-corrected chi connectivity index (χ0v) is 13.7. The van der Waals surface area contributed by atoms with Crippen molar-refractivity contribution in [3.63, 3.8) is 0 Å². The maximum atomic E-state index is 5.78. The molecule has 0 saturated carbocycles. The molecule has 1 aromatic carbocycles. The highest BCUT2D eigenvalue weighted by atomic mass is 16.5. The van der Waals surface area contributed by atoms with E-state index in [4.69, 9.17) is 9.47 Å². The molecule has 0 aliphatic carbocycles. The van der Waals surface area contributed by atoms with Crippen LogP contribution in [-0.4, -0.2) is 32.9 Å². The van der Waals surface area contributed by atoms with Crippen LogP contribution in [0.15, 0.2) is 24.3 Å². The van der Waals surface area contributed by atoms with E-state index >= 15 is 0 Å². The minimum Gasteiger partial charge on any atom is -0.493 e. The second-order valence-corrected chi connectivity index (χ2v) is 6.40. The van der Waals surface area contributed by atoms with E-state index in [1.165, 1.54) is 5.56 Å². The molecule has 0 amide bonds. The second kappa shape index (κ2) is 7.81. The first-order chi connectivity index (χ1) is 10.2. The van der Waals surface area contributed by atoms with E-state index in [0.29, 0.717) is 5.92 Å². The van der Waals surface area contributed by atoms with E-state index < -0.39 is 0 Å². The molecule has 0 radical (unpaired) electrons. The van der Waals surface area contributed by atoms with Crippen LogP contribution in [0.5, 0.6) is 5.75 Å². The molecule has 1 aliphatic rings. The van der Waals surface area contributed by atoms with Crippen LogP contribution >= 0.6 is 0 Å². The van der Waals surface area contributed by atoms with Crippen molar-refractivity contribution in [1.82, 2.24) is 5.32 Å². The summed E-state index contributed by atoms with van der Waals surface area (Å²) in [6.45, 7) is 11.0. The average molecular weight is 291 g/mol. The molecule has 21 heavy (non-hydrogen) atoms. The van der Waals surface area contributed by atoms with Gasteiger partial charge in [-0.1, -0.05) is 32.9 Å². The van der Waals surface area contributed by atoms with Crippen molar-refractivity contribution in [2.45, 2.75) is 39.0 Å². The molecule has 1 saturated heterocycles. The molecule has 3 nitrogen and oxygen atoms in total. The number of ether oxygens (including phenoxy) is 2. The molecule has 1 aliphatic heterocycles. The second-order valence-electron chi connectivity index (χ2n) is 6.40. The predicted molar refractivity (Wildman–Crippen MR) is 87.0 cm³/mol. The van der Waals surface area contributed by atoms with Crippen molar-refractivity contribution < 1.29 is 9.47 Å². The first-order valence-corrected chi connectivity index (χ1v) is 8.18. The number of hydrogen-bond acceptors (Lipinski definition) is 3. The molecule has 1 fully saturated rings. The van der Waals surface area contributed by atoms with Gasteiger partial charge in [0.1, 0.15) is 5.75 Å². The molecular formula is C18H29NO2. The van der Waals surface area contributed by atoms with Crippen molar-refractivity contribution in [1.29, 1.82) is 0 Å². The molecule has 3 heteroatoms. The maximum absolute atomic E-state index is 5.78. The quantitative estimate of drug-likeness (QED) is 0.835. The number of hydrogen-bond donors (Lipinski definition) is 1. The Morgan fingerprint density at radius 3 is 2.43 bits per heavy atom. The van der Waals surface area contributed by atoms with Crippen LogP contribution in [0, 0.1) is 5.92 Å². The minimum absolute atomic E-state index is 0.213. The largest absolute Gasteiger partial charge is 0.493 e. The number of rotatable bonds is 7. The fourth-order valence-electron chi connectivity index (χ4n) is 2.86. The smallest absolute Gasteiger partial charge is 0.119 e. The summed E-state index contributed by atoms with van der Waals surface area (Å²) in [6, 6.07) is 8.69. The summed E-state index contributed by atoms with van der Waals surface area (Å²) in [6.07, 6.45) is 2.18. The van der Waals surface area contributed by atoms with Crippen molar-refractivity contribution in [3.8, 4) is 5.75 Å². The lowest BCUT2D eigenvalue weighted by atomic mass is 9.74. The van der Waals surface area contributed by atoms with Crippen LogP contribution in [0.2, 0.25) is 0 Å². The highest BCUT2D eigenvalue weighted by molar-refractivity contribution is 5.33. The number of benzene rings is 1. The fraction of sp³-hybridized carbons (Fsp3) is 0.667. The lowest BCUT2D eigenvalue weighted by Gasteiger charge is -2.38. The van der Waals surface area contributed by atoms with Crippen LogP contribution in [0.25, 0.3) is 0 Å². The summed E-state index contributed by atoms with van der Waals surface area (Å²) in [5.74, 6) is 1.53. The summed E-state index contributed by atoms with van der Waals surface area (Å²) in [5.41, 5.74) is 1.62. The van der Waals surface area contributed by atoms with Gasteiger partial charge in [-0.2, -0.15) is 0 Å². The molecule has 0 aromatic heterocycles. The van der Waals surface area contributed by atoms with Gasteiger partial charge in [-0.3, -0.25) is 0 Å². The predicted octanol–water partition coefficient (Wildman–Crippen LogP) is 3.38. The topological polar surface area (TPSA) is 30.5 Å². The van der Waals surface area contributed by atoms with Crippen molar-refractivity contribution in [3.05, 3.63) is 29.8 Å². The summed E-state index contributed by atoms with van der Waals surface area (Å²) in [4.78, 5) is 0. The van der Waals surface area contributed by atoms with Crippen LogP contribution in [0.4, 0.5) is 0 Å². The van der Waals surface area contributed by atoms with Gasteiger partial charge in [-0.25, -0.2) is 0 Å². The Labute approximate surface area is 129 Å². The number of likely N-dealkylation sites (N-methyl/N-ethyl adjacent to an activating group) is 1. The molecular weight excluding hydrogens is 262 g/mol. The zero-order chi connectivity index (χ0) is 15.1. The van der Waals surface area contributed by atoms with Gasteiger partial charge < -0.3 is 14.8 Å². The van der Waals surface area contributed by atoms with E-state index in [9.17, 15) is 0 Å². The van der Waals surface area contributed by atoms with E-state index in [2.05, 4.69) is 50.4 Å². The average Bonchev–Trinajstić information content (AvgIpc) is 2.52.